The molecule has 0 aliphatic carbocycles. The molecule has 142 valence electrons. The highest BCUT2D eigenvalue weighted by atomic mass is 32.1. The predicted molar refractivity (Wildman–Crippen MR) is 113 cm³/mol. The molecule has 6 nitrogen and oxygen atoms in total. The van der Waals surface area contributed by atoms with Gasteiger partial charge in [0.15, 0.2) is 5.13 Å². The molecule has 1 aromatic heterocycles. The molecule has 0 fully saturated rings. The van der Waals surface area contributed by atoms with Gasteiger partial charge in [0.2, 0.25) is 11.8 Å². The molecular weight excluding hydrogens is 372 g/mol. The van der Waals surface area contributed by atoms with Crippen LogP contribution in [0.4, 0.5) is 22.2 Å². The second kappa shape index (κ2) is 7.44. The largest absolute Gasteiger partial charge is 0.331 e. The number of thiazole rings is 1. The number of fused-ring (bicyclic) bond motifs is 1. The lowest BCUT2D eigenvalue weighted by Crippen LogP contribution is -2.25. The van der Waals surface area contributed by atoms with Gasteiger partial charge >= 0.3 is 0 Å². The Morgan fingerprint density at radius 2 is 1.93 bits per heavy atom. The standard InChI is InChI=1S/C21H20N4O2S/c1-13(26)22-17-4-3-5-18(11-17)23-21-24-19(12-28-21)15-6-7-20-16(10-15)8-9-25(20)14(2)27/h3-7,10-12H,8-9H2,1-2H3,(H,22,26)(H,23,24). The Bertz CT molecular complexity index is 1060. The number of hydrogen-bond donors (Lipinski definition) is 2. The molecule has 7 heteroatoms. The molecule has 0 radical (unpaired) electrons. The van der Waals surface area contributed by atoms with Crippen LogP contribution in [0.15, 0.2) is 47.8 Å². The highest BCUT2D eigenvalue weighted by Gasteiger charge is 2.22. The first-order valence-corrected chi connectivity index (χ1v) is 9.89. The molecule has 0 atom stereocenters. The molecule has 2 N–H and O–H groups in total. The van der Waals surface area contributed by atoms with Crippen LogP contribution < -0.4 is 15.5 Å². The average molecular weight is 392 g/mol. The van der Waals surface area contributed by atoms with Crippen molar-refractivity contribution >= 4 is 45.3 Å². The van der Waals surface area contributed by atoms with E-state index in [4.69, 9.17) is 0 Å². The van der Waals surface area contributed by atoms with Crippen LogP contribution in [-0.4, -0.2) is 23.3 Å². The van der Waals surface area contributed by atoms with E-state index in [0.717, 1.165) is 46.4 Å². The second-order valence-electron chi connectivity index (χ2n) is 6.69. The van der Waals surface area contributed by atoms with Crippen LogP contribution in [-0.2, 0) is 16.0 Å². The minimum atomic E-state index is -0.103. The van der Waals surface area contributed by atoms with E-state index in [1.54, 1.807) is 6.92 Å². The molecule has 3 aromatic rings. The number of carbonyl (C=O) groups is 2. The summed E-state index contributed by atoms with van der Waals surface area (Å²) in [5.74, 6) is -0.0261. The highest BCUT2D eigenvalue weighted by Crippen LogP contribution is 2.34. The maximum Gasteiger partial charge on any atom is 0.223 e. The van der Waals surface area contributed by atoms with Gasteiger partial charge < -0.3 is 15.5 Å². The van der Waals surface area contributed by atoms with E-state index in [0.29, 0.717) is 0 Å². The third-order valence-electron chi connectivity index (χ3n) is 4.59. The Morgan fingerprint density at radius 1 is 1.11 bits per heavy atom. The number of aromatic nitrogens is 1. The first-order valence-electron chi connectivity index (χ1n) is 9.01. The van der Waals surface area contributed by atoms with Crippen molar-refractivity contribution in [2.24, 2.45) is 0 Å². The molecule has 1 aliphatic heterocycles. The topological polar surface area (TPSA) is 74.3 Å². The number of amides is 2. The van der Waals surface area contributed by atoms with Crippen molar-refractivity contribution in [1.29, 1.82) is 0 Å². The summed E-state index contributed by atoms with van der Waals surface area (Å²) in [5.41, 5.74) is 5.72. The SMILES string of the molecule is CC(=O)Nc1cccc(Nc2nc(-c3ccc4c(c3)CCN4C(C)=O)cs2)c1. The maximum atomic E-state index is 11.7. The summed E-state index contributed by atoms with van der Waals surface area (Å²) in [5, 5.41) is 8.85. The summed E-state index contributed by atoms with van der Waals surface area (Å²) in [7, 11) is 0. The third kappa shape index (κ3) is 3.75. The molecule has 2 heterocycles. The Morgan fingerprint density at radius 3 is 2.71 bits per heavy atom. The van der Waals surface area contributed by atoms with Gasteiger partial charge in [-0.1, -0.05) is 12.1 Å². The lowest BCUT2D eigenvalue weighted by Gasteiger charge is -2.14. The Kier molecular flexibility index (Phi) is 4.83. The lowest BCUT2D eigenvalue weighted by atomic mass is 10.1. The summed E-state index contributed by atoms with van der Waals surface area (Å²) in [6.07, 6.45) is 0.869. The van der Waals surface area contributed by atoms with E-state index in [2.05, 4.69) is 21.7 Å². The van der Waals surface area contributed by atoms with Crippen molar-refractivity contribution < 1.29 is 9.59 Å². The first kappa shape index (κ1) is 18.2. The van der Waals surface area contributed by atoms with Crippen LogP contribution in [0.25, 0.3) is 11.3 Å². The number of carbonyl (C=O) groups excluding carboxylic acids is 2. The number of benzene rings is 2. The van der Waals surface area contributed by atoms with E-state index < -0.39 is 0 Å². The Balaban J connectivity index is 1.52. The average Bonchev–Trinajstić information content (AvgIpc) is 3.27. The van der Waals surface area contributed by atoms with Gasteiger partial charge in [-0.2, -0.15) is 0 Å². The van der Waals surface area contributed by atoms with Gasteiger partial charge in [-0.05, 0) is 42.3 Å². The smallest absolute Gasteiger partial charge is 0.223 e. The van der Waals surface area contributed by atoms with Crippen LogP contribution >= 0.6 is 11.3 Å². The molecule has 4 rings (SSSR count). The van der Waals surface area contributed by atoms with Crippen LogP contribution in [0, 0.1) is 0 Å². The molecule has 0 unspecified atom stereocenters. The number of rotatable bonds is 4. The predicted octanol–water partition coefficient (Wildman–Crippen LogP) is 4.42. The van der Waals surface area contributed by atoms with E-state index in [-0.39, 0.29) is 11.8 Å². The summed E-state index contributed by atoms with van der Waals surface area (Å²) < 4.78 is 0. The highest BCUT2D eigenvalue weighted by molar-refractivity contribution is 7.14. The normalized spacial score (nSPS) is 12.6. The minimum absolute atomic E-state index is 0.0770. The van der Waals surface area contributed by atoms with Gasteiger partial charge in [0, 0.05) is 48.4 Å². The fourth-order valence-electron chi connectivity index (χ4n) is 3.35. The van der Waals surface area contributed by atoms with Gasteiger partial charge in [-0.3, -0.25) is 9.59 Å². The monoisotopic (exact) mass is 392 g/mol. The summed E-state index contributed by atoms with van der Waals surface area (Å²) >= 11 is 1.52. The molecule has 0 bridgehead atoms. The van der Waals surface area contributed by atoms with Crippen LogP contribution in [0.3, 0.4) is 0 Å². The van der Waals surface area contributed by atoms with Crippen molar-refractivity contribution in [1.82, 2.24) is 4.98 Å². The molecule has 0 saturated heterocycles. The number of nitrogens with zero attached hydrogens (tertiary/aromatic N) is 2. The van der Waals surface area contributed by atoms with Gasteiger partial charge in [0.05, 0.1) is 5.69 Å². The number of anilines is 4. The minimum Gasteiger partial charge on any atom is -0.331 e. The number of nitrogens with one attached hydrogen (secondary N) is 2. The zero-order chi connectivity index (χ0) is 19.7. The van der Waals surface area contributed by atoms with E-state index in [9.17, 15) is 9.59 Å². The van der Waals surface area contributed by atoms with Gasteiger partial charge in [-0.25, -0.2) is 4.98 Å². The lowest BCUT2D eigenvalue weighted by molar-refractivity contribution is -0.116. The molecule has 0 saturated carbocycles. The molecule has 28 heavy (non-hydrogen) atoms. The van der Waals surface area contributed by atoms with E-state index >= 15 is 0 Å². The van der Waals surface area contributed by atoms with Crippen LogP contribution in [0.1, 0.15) is 19.4 Å². The molecule has 2 aromatic carbocycles. The third-order valence-corrected chi connectivity index (χ3v) is 5.35. The quantitative estimate of drug-likeness (QED) is 0.689. The summed E-state index contributed by atoms with van der Waals surface area (Å²) in [4.78, 5) is 29.4. The molecular formula is C21H20N4O2S. The molecule has 1 aliphatic rings. The Hall–Kier alpha value is -3.19. The molecule has 0 spiro atoms. The summed E-state index contributed by atoms with van der Waals surface area (Å²) in [6.45, 7) is 3.82. The van der Waals surface area contributed by atoms with Gasteiger partial charge in [0.1, 0.15) is 0 Å². The zero-order valence-electron chi connectivity index (χ0n) is 15.7. The Labute approximate surface area is 167 Å². The van der Waals surface area contributed by atoms with Crippen molar-refractivity contribution in [3.63, 3.8) is 0 Å². The van der Waals surface area contributed by atoms with Crippen molar-refractivity contribution in [3.8, 4) is 11.3 Å². The van der Waals surface area contributed by atoms with E-state index in [1.165, 1.54) is 23.8 Å². The van der Waals surface area contributed by atoms with Crippen molar-refractivity contribution in [2.45, 2.75) is 20.3 Å². The van der Waals surface area contributed by atoms with Gasteiger partial charge in [-0.15, -0.1) is 11.3 Å². The zero-order valence-corrected chi connectivity index (χ0v) is 16.5. The van der Waals surface area contributed by atoms with Gasteiger partial charge in [0.25, 0.3) is 0 Å². The summed E-state index contributed by atoms with van der Waals surface area (Å²) in [6, 6.07) is 13.7. The molecule has 2 amide bonds. The van der Waals surface area contributed by atoms with Crippen LogP contribution in [0.2, 0.25) is 0 Å². The van der Waals surface area contributed by atoms with E-state index in [1.807, 2.05) is 46.7 Å². The van der Waals surface area contributed by atoms with Crippen molar-refractivity contribution in [2.75, 3.05) is 22.1 Å². The second-order valence-corrected chi connectivity index (χ2v) is 7.55. The van der Waals surface area contributed by atoms with Crippen LogP contribution in [0.5, 0.6) is 0 Å². The number of hydrogen-bond acceptors (Lipinski definition) is 5. The van der Waals surface area contributed by atoms with Crippen molar-refractivity contribution in [3.05, 3.63) is 53.4 Å². The fraction of sp³-hybridized carbons (Fsp3) is 0.190. The first-order chi connectivity index (χ1) is 13.5. The fourth-order valence-corrected chi connectivity index (χ4v) is 4.09. The maximum absolute atomic E-state index is 11.7.